The van der Waals surface area contributed by atoms with Gasteiger partial charge in [0, 0.05) is 19.1 Å². The van der Waals surface area contributed by atoms with Crippen LogP contribution in [0, 0.1) is 12.3 Å². The van der Waals surface area contributed by atoms with E-state index < -0.39 is 0 Å². The van der Waals surface area contributed by atoms with Crippen molar-refractivity contribution < 1.29 is 4.74 Å². The monoisotopic (exact) mass is 237 g/mol. The maximum absolute atomic E-state index is 5.81. The van der Waals surface area contributed by atoms with Crippen LogP contribution in [0.3, 0.4) is 0 Å². The molecular weight excluding hydrogens is 210 g/mol. The van der Waals surface area contributed by atoms with Crippen LogP contribution in [-0.2, 0) is 4.74 Å². The summed E-state index contributed by atoms with van der Waals surface area (Å²) in [6.07, 6.45) is 15.1. The van der Waals surface area contributed by atoms with Gasteiger partial charge in [0.15, 0.2) is 0 Å². The lowest BCUT2D eigenvalue weighted by atomic mass is 9.98. The maximum Gasteiger partial charge on any atom is 0.0590 e. The van der Waals surface area contributed by atoms with E-state index in [4.69, 9.17) is 11.2 Å². The Morgan fingerprint density at radius 2 is 2.35 bits per heavy atom. The molecular formula is C15H27NO. The first-order valence-corrected chi connectivity index (χ1v) is 7.15. The van der Waals surface area contributed by atoms with Crippen molar-refractivity contribution in [3.05, 3.63) is 0 Å². The zero-order chi connectivity index (χ0) is 12.3. The molecule has 0 radical (unpaired) electrons. The number of hydrogen-bond donors (Lipinski definition) is 1. The van der Waals surface area contributed by atoms with Gasteiger partial charge in [-0.3, -0.25) is 0 Å². The van der Waals surface area contributed by atoms with Crippen LogP contribution < -0.4 is 5.32 Å². The number of hydrogen-bond acceptors (Lipinski definition) is 2. The van der Waals surface area contributed by atoms with Gasteiger partial charge in [0.1, 0.15) is 0 Å². The molecule has 1 aliphatic heterocycles. The molecule has 0 saturated carbocycles. The Hall–Kier alpha value is -0.520. The molecule has 17 heavy (non-hydrogen) atoms. The fourth-order valence-corrected chi connectivity index (χ4v) is 2.41. The molecule has 1 rings (SSSR count). The molecule has 0 aromatic rings. The van der Waals surface area contributed by atoms with Crippen LogP contribution in [0.4, 0.5) is 0 Å². The first-order valence-electron chi connectivity index (χ1n) is 7.15. The van der Waals surface area contributed by atoms with Crippen molar-refractivity contribution in [2.75, 3.05) is 13.2 Å². The van der Waals surface area contributed by atoms with Gasteiger partial charge in [0.05, 0.1) is 6.10 Å². The van der Waals surface area contributed by atoms with Gasteiger partial charge in [-0.05, 0) is 51.5 Å². The Morgan fingerprint density at radius 1 is 1.47 bits per heavy atom. The van der Waals surface area contributed by atoms with Crippen molar-refractivity contribution in [2.45, 2.75) is 70.4 Å². The van der Waals surface area contributed by atoms with Gasteiger partial charge in [-0.1, -0.05) is 6.92 Å². The first kappa shape index (κ1) is 14.5. The second kappa shape index (κ2) is 9.50. The smallest absolute Gasteiger partial charge is 0.0590 e. The Kier molecular flexibility index (Phi) is 8.13. The predicted octanol–water partition coefficient (Wildman–Crippen LogP) is 3.12. The molecule has 0 aromatic carbocycles. The van der Waals surface area contributed by atoms with Crippen molar-refractivity contribution >= 4 is 0 Å². The van der Waals surface area contributed by atoms with Crippen LogP contribution in [0.25, 0.3) is 0 Å². The molecule has 2 unspecified atom stereocenters. The van der Waals surface area contributed by atoms with E-state index in [1.54, 1.807) is 0 Å². The number of terminal acetylenes is 1. The number of ether oxygens (including phenoxy) is 1. The molecule has 1 saturated heterocycles. The van der Waals surface area contributed by atoms with E-state index in [2.05, 4.69) is 18.2 Å². The summed E-state index contributed by atoms with van der Waals surface area (Å²) in [5.74, 6) is 2.72. The van der Waals surface area contributed by atoms with Gasteiger partial charge in [-0.25, -0.2) is 0 Å². The molecule has 0 aromatic heterocycles. The zero-order valence-electron chi connectivity index (χ0n) is 11.2. The van der Waals surface area contributed by atoms with Crippen LogP contribution in [0.5, 0.6) is 0 Å². The van der Waals surface area contributed by atoms with Gasteiger partial charge in [0.25, 0.3) is 0 Å². The molecule has 0 aliphatic carbocycles. The van der Waals surface area contributed by atoms with E-state index in [0.29, 0.717) is 12.1 Å². The van der Waals surface area contributed by atoms with E-state index >= 15 is 0 Å². The third kappa shape index (κ3) is 6.71. The molecule has 2 nitrogen and oxygen atoms in total. The largest absolute Gasteiger partial charge is 0.378 e. The van der Waals surface area contributed by atoms with Gasteiger partial charge in [0.2, 0.25) is 0 Å². The highest BCUT2D eigenvalue weighted by atomic mass is 16.5. The summed E-state index contributed by atoms with van der Waals surface area (Å²) in [6.45, 7) is 4.27. The molecule has 2 atom stereocenters. The van der Waals surface area contributed by atoms with Crippen molar-refractivity contribution in [1.82, 2.24) is 5.32 Å². The van der Waals surface area contributed by atoms with Crippen LogP contribution in [-0.4, -0.2) is 25.3 Å². The third-order valence-corrected chi connectivity index (χ3v) is 3.38. The van der Waals surface area contributed by atoms with E-state index in [0.717, 1.165) is 32.4 Å². The molecule has 98 valence electrons. The summed E-state index contributed by atoms with van der Waals surface area (Å²) in [4.78, 5) is 0. The van der Waals surface area contributed by atoms with Gasteiger partial charge in [-0.15, -0.1) is 12.3 Å². The SMILES string of the molecule is C#CCCCC(CC1CCCCO1)NCCC. The van der Waals surface area contributed by atoms with E-state index in [1.807, 2.05) is 0 Å². The Bertz CT molecular complexity index is 215. The Balaban J connectivity index is 2.25. The van der Waals surface area contributed by atoms with Gasteiger partial charge in [-0.2, -0.15) is 0 Å². The highest BCUT2D eigenvalue weighted by Crippen LogP contribution is 2.19. The average molecular weight is 237 g/mol. The molecule has 1 aliphatic rings. The second-order valence-electron chi connectivity index (χ2n) is 4.97. The van der Waals surface area contributed by atoms with E-state index in [-0.39, 0.29) is 0 Å². The topological polar surface area (TPSA) is 21.3 Å². The van der Waals surface area contributed by atoms with Crippen LogP contribution in [0.1, 0.15) is 58.3 Å². The molecule has 1 N–H and O–H groups in total. The van der Waals surface area contributed by atoms with Crippen molar-refractivity contribution in [3.63, 3.8) is 0 Å². The zero-order valence-corrected chi connectivity index (χ0v) is 11.2. The fourth-order valence-electron chi connectivity index (χ4n) is 2.41. The molecule has 0 bridgehead atoms. The van der Waals surface area contributed by atoms with E-state index in [1.165, 1.54) is 32.1 Å². The summed E-state index contributed by atoms with van der Waals surface area (Å²) in [7, 11) is 0. The Morgan fingerprint density at radius 3 is 3.00 bits per heavy atom. The van der Waals surface area contributed by atoms with Crippen molar-refractivity contribution in [3.8, 4) is 12.3 Å². The second-order valence-corrected chi connectivity index (χ2v) is 4.97. The Labute approximate surface area is 107 Å². The lowest BCUT2D eigenvalue weighted by molar-refractivity contribution is 0.00464. The number of unbranched alkanes of at least 4 members (excludes halogenated alkanes) is 1. The minimum atomic E-state index is 0.476. The predicted molar refractivity (Wildman–Crippen MR) is 73.0 cm³/mol. The lowest BCUT2D eigenvalue weighted by Crippen LogP contribution is -2.35. The molecule has 1 heterocycles. The van der Waals surface area contributed by atoms with Gasteiger partial charge >= 0.3 is 0 Å². The fraction of sp³-hybridized carbons (Fsp3) is 0.867. The number of nitrogens with one attached hydrogen (secondary N) is 1. The third-order valence-electron chi connectivity index (χ3n) is 3.38. The van der Waals surface area contributed by atoms with Crippen LogP contribution in [0.15, 0.2) is 0 Å². The highest BCUT2D eigenvalue weighted by molar-refractivity contribution is 4.84. The first-order chi connectivity index (χ1) is 8.36. The lowest BCUT2D eigenvalue weighted by Gasteiger charge is -2.27. The molecule has 1 fully saturated rings. The highest BCUT2D eigenvalue weighted by Gasteiger charge is 2.18. The standard InChI is InChI=1S/C15H27NO/c1-3-5-6-9-14(16-11-4-2)13-15-10-7-8-12-17-15/h1,14-16H,4-13H2,2H3. The van der Waals surface area contributed by atoms with Crippen molar-refractivity contribution in [2.24, 2.45) is 0 Å². The molecule has 0 spiro atoms. The quantitative estimate of drug-likeness (QED) is 0.517. The summed E-state index contributed by atoms with van der Waals surface area (Å²) < 4.78 is 5.81. The maximum atomic E-state index is 5.81. The minimum absolute atomic E-state index is 0.476. The average Bonchev–Trinajstić information content (AvgIpc) is 2.37. The van der Waals surface area contributed by atoms with Crippen LogP contribution in [0.2, 0.25) is 0 Å². The normalized spacial score (nSPS) is 22.0. The summed E-state index contributed by atoms with van der Waals surface area (Å²) in [5.41, 5.74) is 0. The summed E-state index contributed by atoms with van der Waals surface area (Å²) in [6, 6.07) is 0.589. The van der Waals surface area contributed by atoms with Gasteiger partial charge < -0.3 is 10.1 Å². The summed E-state index contributed by atoms with van der Waals surface area (Å²) in [5, 5.41) is 3.63. The van der Waals surface area contributed by atoms with E-state index in [9.17, 15) is 0 Å². The summed E-state index contributed by atoms with van der Waals surface area (Å²) >= 11 is 0. The minimum Gasteiger partial charge on any atom is -0.378 e. The molecule has 0 amide bonds. The molecule has 2 heteroatoms. The van der Waals surface area contributed by atoms with Crippen LogP contribution >= 0.6 is 0 Å². The van der Waals surface area contributed by atoms with Crippen molar-refractivity contribution in [1.29, 1.82) is 0 Å². The number of rotatable bonds is 8.